The first kappa shape index (κ1) is 20.7. The number of nitrogens with one attached hydrogen (secondary N) is 2. The Labute approximate surface area is 176 Å². The summed E-state index contributed by atoms with van der Waals surface area (Å²) >= 11 is 0. The van der Waals surface area contributed by atoms with Crippen LogP contribution in [0.5, 0.6) is 0 Å². The molecule has 0 radical (unpaired) electrons. The number of guanidine groups is 1. The van der Waals surface area contributed by atoms with E-state index in [-0.39, 0.29) is 17.5 Å². The predicted molar refractivity (Wildman–Crippen MR) is 114 cm³/mol. The number of likely N-dealkylation sites (tertiary alicyclic amines) is 1. The number of benzene rings is 1. The fraction of sp³-hybridized carbons (Fsp3) is 0.478. The van der Waals surface area contributed by atoms with Gasteiger partial charge in [0.15, 0.2) is 5.96 Å². The molecule has 1 aromatic carbocycles. The second-order valence-electron chi connectivity index (χ2n) is 8.07. The van der Waals surface area contributed by atoms with Gasteiger partial charge in [-0.1, -0.05) is 12.1 Å². The van der Waals surface area contributed by atoms with Crippen molar-refractivity contribution in [3.8, 4) is 0 Å². The summed E-state index contributed by atoms with van der Waals surface area (Å²) in [5.41, 5.74) is 1.28. The molecule has 160 valence electrons. The van der Waals surface area contributed by atoms with E-state index in [1.165, 1.54) is 18.2 Å². The van der Waals surface area contributed by atoms with Gasteiger partial charge >= 0.3 is 0 Å². The summed E-state index contributed by atoms with van der Waals surface area (Å²) in [5.74, 6) is -0.335. The Bertz CT molecular complexity index is 845. The van der Waals surface area contributed by atoms with E-state index in [2.05, 4.69) is 31.6 Å². The van der Waals surface area contributed by atoms with Crippen LogP contribution in [0.3, 0.4) is 0 Å². The topological polar surface area (TPSA) is 52.6 Å². The molecule has 2 unspecified atom stereocenters. The lowest BCUT2D eigenvalue weighted by Gasteiger charge is -2.33. The normalized spacial score (nSPS) is 22.7. The van der Waals surface area contributed by atoms with Gasteiger partial charge in [-0.2, -0.15) is 0 Å². The van der Waals surface area contributed by atoms with Crippen molar-refractivity contribution >= 4 is 5.96 Å². The molecule has 2 fully saturated rings. The third kappa shape index (κ3) is 5.14. The van der Waals surface area contributed by atoms with Crippen LogP contribution in [0.1, 0.15) is 43.4 Å². The van der Waals surface area contributed by atoms with Crippen molar-refractivity contribution in [1.29, 1.82) is 0 Å². The highest BCUT2D eigenvalue weighted by atomic mass is 19.1. The molecule has 0 amide bonds. The summed E-state index contributed by atoms with van der Waals surface area (Å²) < 4.78 is 28.1. The second-order valence-corrected chi connectivity index (χ2v) is 8.07. The van der Waals surface area contributed by atoms with E-state index in [9.17, 15) is 8.78 Å². The summed E-state index contributed by atoms with van der Waals surface area (Å²) in [5, 5.41) is 6.90. The van der Waals surface area contributed by atoms with Gasteiger partial charge < -0.3 is 10.6 Å². The number of halogens is 2. The fourth-order valence-electron chi connectivity index (χ4n) is 4.15. The van der Waals surface area contributed by atoms with Gasteiger partial charge in [0.1, 0.15) is 11.6 Å². The molecule has 1 aliphatic carbocycles. The zero-order valence-corrected chi connectivity index (χ0v) is 17.3. The van der Waals surface area contributed by atoms with Crippen LogP contribution in [0.15, 0.2) is 47.6 Å². The number of hydrogen-bond acceptors (Lipinski definition) is 3. The molecule has 1 saturated heterocycles. The maximum Gasteiger partial charge on any atom is 0.191 e. The zero-order valence-electron chi connectivity index (χ0n) is 17.3. The van der Waals surface area contributed by atoms with E-state index in [1.54, 1.807) is 0 Å². The fourth-order valence-corrected chi connectivity index (χ4v) is 4.15. The largest absolute Gasteiger partial charge is 0.354 e. The zero-order chi connectivity index (χ0) is 20.9. The number of nitrogens with zero attached hydrogens (tertiary/aromatic N) is 3. The van der Waals surface area contributed by atoms with Gasteiger partial charge in [-0.15, -0.1) is 0 Å². The Kier molecular flexibility index (Phi) is 6.57. The van der Waals surface area contributed by atoms with E-state index in [1.807, 2.05) is 25.3 Å². The maximum absolute atomic E-state index is 14.0. The van der Waals surface area contributed by atoms with E-state index < -0.39 is 11.6 Å². The smallest absolute Gasteiger partial charge is 0.191 e. The number of aromatic nitrogens is 1. The summed E-state index contributed by atoms with van der Waals surface area (Å²) in [6, 6.07) is 10.4. The summed E-state index contributed by atoms with van der Waals surface area (Å²) in [6.45, 7) is 5.51. The summed E-state index contributed by atoms with van der Waals surface area (Å²) in [7, 11) is 0. The number of rotatable bonds is 6. The Morgan fingerprint density at radius 3 is 2.53 bits per heavy atom. The molecule has 2 heterocycles. The van der Waals surface area contributed by atoms with Crippen molar-refractivity contribution in [2.75, 3.05) is 19.6 Å². The van der Waals surface area contributed by atoms with Crippen LogP contribution in [0, 0.1) is 11.6 Å². The minimum Gasteiger partial charge on any atom is -0.354 e. The lowest BCUT2D eigenvalue weighted by Crippen LogP contribution is -2.49. The average molecular weight is 414 g/mol. The molecule has 1 aliphatic heterocycles. The molecule has 2 atom stereocenters. The molecule has 2 aromatic rings. The Balaban J connectivity index is 1.28. The highest BCUT2D eigenvalue weighted by Crippen LogP contribution is 2.43. The van der Waals surface area contributed by atoms with Crippen molar-refractivity contribution in [1.82, 2.24) is 20.5 Å². The van der Waals surface area contributed by atoms with Gasteiger partial charge in [0.05, 0.1) is 5.69 Å². The van der Waals surface area contributed by atoms with Gasteiger partial charge in [0.2, 0.25) is 0 Å². The van der Waals surface area contributed by atoms with Crippen LogP contribution in [0.25, 0.3) is 0 Å². The molecule has 5 nitrogen and oxygen atoms in total. The first-order chi connectivity index (χ1) is 14.6. The van der Waals surface area contributed by atoms with Crippen LogP contribution in [-0.4, -0.2) is 47.6 Å². The first-order valence-electron chi connectivity index (χ1n) is 10.8. The Morgan fingerprint density at radius 1 is 1.10 bits per heavy atom. The van der Waals surface area contributed by atoms with Gasteiger partial charge in [-0.05, 0) is 50.5 Å². The van der Waals surface area contributed by atoms with E-state index in [0.717, 1.165) is 44.1 Å². The van der Waals surface area contributed by atoms with Crippen molar-refractivity contribution in [2.45, 2.75) is 50.7 Å². The molecule has 0 bridgehead atoms. The Hall–Kier alpha value is -2.54. The number of hydrogen-bond donors (Lipinski definition) is 2. The average Bonchev–Trinajstić information content (AvgIpc) is 3.49. The van der Waals surface area contributed by atoms with Crippen LogP contribution < -0.4 is 10.6 Å². The van der Waals surface area contributed by atoms with Gasteiger partial charge in [0, 0.05) is 55.9 Å². The maximum atomic E-state index is 14.0. The highest BCUT2D eigenvalue weighted by Gasteiger charge is 2.42. The molecule has 0 spiro atoms. The predicted octanol–water partition coefficient (Wildman–Crippen LogP) is 3.44. The third-order valence-electron chi connectivity index (χ3n) is 5.84. The standard InChI is InChI=1S/C23H29F2N5/c1-2-26-23(29-21-14-18(21)22-19(24)7-5-8-20(22)25)28-16-9-12-30(13-10-16)15-17-6-3-4-11-27-17/h3-8,11,16,18,21H,2,9-10,12-15H2,1H3,(H2,26,28,29). The number of pyridine rings is 1. The molecule has 30 heavy (non-hydrogen) atoms. The van der Waals surface area contributed by atoms with Gasteiger partial charge in [0.25, 0.3) is 0 Å². The van der Waals surface area contributed by atoms with Crippen molar-refractivity contribution in [3.63, 3.8) is 0 Å². The van der Waals surface area contributed by atoms with Gasteiger partial charge in [-0.25, -0.2) is 8.78 Å². The van der Waals surface area contributed by atoms with Crippen molar-refractivity contribution < 1.29 is 8.78 Å². The number of piperidine rings is 1. The van der Waals surface area contributed by atoms with Crippen molar-refractivity contribution in [2.24, 2.45) is 4.99 Å². The lowest BCUT2D eigenvalue weighted by molar-refractivity contribution is 0.196. The minimum absolute atomic E-state index is 0.0124. The highest BCUT2D eigenvalue weighted by molar-refractivity contribution is 5.81. The second kappa shape index (κ2) is 9.51. The van der Waals surface area contributed by atoms with Crippen LogP contribution in [-0.2, 0) is 6.54 Å². The molecular formula is C23H29F2N5. The van der Waals surface area contributed by atoms with E-state index in [0.29, 0.717) is 19.0 Å². The minimum atomic E-state index is -0.466. The quantitative estimate of drug-likeness (QED) is 0.563. The van der Waals surface area contributed by atoms with Crippen LogP contribution in [0.2, 0.25) is 0 Å². The first-order valence-corrected chi connectivity index (χ1v) is 10.8. The molecular weight excluding hydrogens is 384 g/mol. The monoisotopic (exact) mass is 413 g/mol. The van der Waals surface area contributed by atoms with Crippen LogP contribution >= 0.6 is 0 Å². The molecule has 2 aliphatic rings. The van der Waals surface area contributed by atoms with Gasteiger partial charge in [-0.3, -0.25) is 14.9 Å². The van der Waals surface area contributed by atoms with E-state index >= 15 is 0 Å². The molecule has 7 heteroatoms. The summed E-state index contributed by atoms with van der Waals surface area (Å²) in [6.07, 6.45) is 4.59. The Morgan fingerprint density at radius 2 is 1.87 bits per heavy atom. The van der Waals surface area contributed by atoms with E-state index in [4.69, 9.17) is 0 Å². The third-order valence-corrected chi connectivity index (χ3v) is 5.84. The lowest BCUT2D eigenvalue weighted by atomic mass is 10.0. The summed E-state index contributed by atoms with van der Waals surface area (Å²) in [4.78, 5) is 11.4. The SMILES string of the molecule is CCN=C(NC1CCN(Cc2ccccn2)CC1)NC1CC1c1c(F)cccc1F. The molecule has 4 rings (SSSR count). The van der Waals surface area contributed by atoms with Crippen molar-refractivity contribution in [3.05, 3.63) is 65.5 Å². The van der Waals surface area contributed by atoms with Crippen LogP contribution in [0.4, 0.5) is 8.78 Å². The number of aliphatic imine (C=N–C) groups is 1. The molecule has 2 N–H and O–H groups in total. The molecule has 1 aromatic heterocycles. The molecule has 1 saturated carbocycles.